The summed E-state index contributed by atoms with van der Waals surface area (Å²) in [5, 5.41) is 4.06. The topological polar surface area (TPSA) is 73.8 Å². The molecule has 0 bridgehead atoms. The third kappa shape index (κ3) is 2.62. The van der Waals surface area contributed by atoms with Crippen LogP contribution >= 0.6 is 27.5 Å². The number of halogens is 3. The first-order chi connectivity index (χ1) is 8.93. The molecule has 0 unspecified atom stereocenters. The fraction of sp³-hybridized carbons (Fsp3) is 0.182. The Bertz CT molecular complexity index is 658. The van der Waals surface area contributed by atoms with Crippen LogP contribution < -0.4 is 5.73 Å². The summed E-state index contributed by atoms with van der Waals surface area (Å²) < 4.78 is 14.5. The Morgan fingerprint density at radius 1 is 1.58 bits per heavy atom. The summed E-state index contributed by atoms with van der Waals surface area (Å²) in [5.74, 6) is -0.846. The van der Waals surface area contributed by atoms with E-state index in [-0.39, 0.29) is 21.0 Å². The Hall–Kier alpha value is -1.47. The highest BCUT2D eigenvalue weighted by Crippen LogP contribution is 2.26. The van der Waals surface area contributed by atoms with E-state index in [4.69, 9.17) is 17.3 Å². The average Bonchev–Trinajstić information content (AvgIpc) is 2.74. The first-order valence-corrected chi connectivity index (χ1v) is 6.51. The van der Waals surface area contributed by atoms with Crippen molar-refractivity contribution < 1.29 is 9.18 Å². The molecule has 19 heavy (non-hydrogen) atoms. The zero-order chi connectivity index (χ0) is 14.2. The molecule has 5 nitrogen and oxygen atoms in total. The molecule has 1 aromatic heterocycles. The van der Waals surface area contributed by atoms with Gasteiger partial charge in [0.25, 0.3) is 5.91 Å². The van der Waals surface area contributed by atoms with Gasteiger partial charge in [0.15, 0.2) is 5.82 Å². The zero-order valence-electron chi connectivity index (χ0n) is 9.82. The summed E-state index contributed by atoms with van der Waals surface area (Å²) in [5.41, 5.74) is 5.64. The van der Waals surface area contributed by atoms with Crippen LogP contribution in [0.15, 0.2) is 16.6 Å². The number of aryl methyl sites for hydroxylation is 1. The van der Waals surface area contributed by atoms with Crippen LogP contribution in [0.5, 0.6) is 0 Å². The monoisotopic (exact) mass is 346 g/mol. The molecule has 0 amide bonds. The van der Waals surface area contributed by atoms with Crippen molar-refractivity contribution in [1.29, 1.82) is 0 Å². The Balaban J connectivity index is 2.52. The molecule has 0 atom stereocenters. The minimum atomic E-state index is -0.634. The Morgan fingerprint density at radius 3 is 2.84 bits per heavy atom. The molecule has 0 spiro atoms. The number of aromatic nitrogens is 3. The van der Waals surface area contributed by atoms with Crippen LogP contribution in [0.25, 0.3) is 0 Å². The second-order valence-corrected chi connectivity index (χ2v) is 4.94. The van der Waals surface area contributed by atoms with Crippen LogP contribution in [0.4, 0.5) is 10.3 Å². The maximum Gasteiger partial charge on any atom is 0.282 e. The van der Waals surface area contributed by atoms with Crippen molar-refractivity contribution in [2.45, 2.75) is 13.3 Å². The SMILES string of the molecule is CCc1nc(N)n(C(=O)c2cc(Cl)cc(F)c2Br)n1. The molecule has 2 N–H and O–H groups in total. The van der Waals surface area contributed by atoms with E-state index in [1.807, 2.05) is 6.92 Å². The molecule has 0 aliphatic carbocycles. The Labute approximate surface area is 121 Å². The largest absolute Gasteiger partial charge is 0.368 e. The van der Waals surface area contributed by atoms with Gasteiger partial charge in [-0.25, -0.2) is 4.39 Å². The van der Waals surface area contributed by atoms with Crippen molar-refractivity contribution >= 4 is 39.4 Å². The van der Waals surface area contributed by atoms with E-state index in [1.165, 1.54) is 6.07 Å². The predicted octanol–water partition coefficient (Wildman–Crippen LogP) is 2.67. The molecule has 1 aromatic carbocycles. The fourth-order valence-corrected chi connectivity index (χ4v) is 2.10. The normalized spacial score (nSPS) is 10.7. The summed E-state index contributed by atoms with van der Waals surface area (Å²) in [6.07, 6.45) is 0.537. The highest BCUT2D eigenvalue weighted by Gasteiger charge is 2.20. The number of anilines is 1. The number of hydrogen-bond acceptors (Lipinski definition) is 4. The van der Waals surface area contributed by atoms with Crippen LogP contribution in [-0.2, 0) is 6.42 Å². The van der Waals surface area contributed by atoms with Crippen molar-refractivity contribution in [2.75, 3.05) is 5.73 Å². The number of nitrogens with zero attached hydrogens (tertiary/aromatic N) is 3. The summed E-state index contributed by atoms with van der Waals surface area (Å²) in [6, 6.07) is 2.44. The maximum atomic E-state index is 13.5. The van der Waals surface area contributed by atoms with Crippen molar-refractivity contribution in [3.05, 3.63) is 38.8 Å². The predicted molar refractivity (Wildman–Crippen MR) is 72.7 cm³/mol. The third-order valence-corrected chi connectivity index (χ3v) is 3.43. The van der Waals surface area contributed by atoms with Crippen molar-refractivity contribution in [3.8, 4) is 0 Å². The lowest BCUT2D eigenvalue weighted by Gasteiger charge is -2.06. The summed E-state index contributed by atoms with van der Waals surface area (Å²) in [7, 11) is 0. The van der Waals surface area contributed by atoms with Gasteiger partial charge in [-0.2, -0.15) is 9.67 Å². The molecule has 2 aromatic rings. The first-order valence-electron chi connectivity index (χ1n) is 5.34. The van der Waals surface area contributed by atoms with Crippen LogP contribution in [0.2, 0.25) is 5.02 Å². The van der Waals surface area contributed by atoms with Gasteiger partial charge in [-0.15, -0.1) is 5.10 Å². The van der Waals surface area contributed by atoms with Crippen molar-refractivity contribution in [2.24, 2.45) is 0 Å². The molecule has 0 saturated heterocycles. The van der Waals surface area contributed by atoms with Crippen molar-refractivity contribution in [3.63, 3.8) is 0 Å². The average molecular weight is 348 g/mol. The molecule has 0 saturated carbocycles. The number of rotatable bonds is 2. The number of hydrogen-bond donors (Lipinski definition) is 1. The fourth-order valence-electron chi connectivity index (χ4n) is 1.49. The minimum Gasteiger partial charge on any atom is -0.368 e. The number of nitrogen functional groups attached to an aromatic ring is 1. The summed E-state index contributed by atoms with van der Waals surface area (Å²) in [4.78, 5) is 16.2. The minimum absolute atomic E-state index is 0.00912. The zero-order valence-corrected chi connectivity index (χ0v) is 12.2. The van der Waals surface area contributed by atoms with Crippen molar-refractivity contribution in [1.82, 2.24) is 14.8 Å². The summed E-state index contributed by atoms with van der Waals surface area (Å²) in [6.45, 7) is 1.83. The first kappa shape index (κ1) is 14.0. The van der Waals surface area contributed by atoms with Gasteiger partial charge < -0.3 is 5.73 Å². The molecule has 0 fully saturated rings. The van der Waals surface area contributed by atoms with Crippen LogP contribution in [0.3, 0.4) is 0 Å². The quantitative estimate of drug-likeness (QED) is 0.848. The molecule has 100 valence electrons. The van der Waals surface area contributed by atoms with E-state index in [1.54, 1.807) is 0 Å². The van der Waals surface area contributed by atoms with Gasteiger partial charge in [0.05, 0.1) is 10.0 Å². The van der Waals surface area contributed by atoms with E-state index in [0.29, 0.717) is 12.2 Å². The van der Waals surface area contributed by atoms with Crippen LogP contribution in [0, 0.1) is 5.82 Å². The van der Waals surface area contributed by atoms with Crippen LogP contribution in [-0.4, -0.2) is 20.7 Å². The highest BCUT2D eigenvalue weighted by atomic mass is 79.9. The second kappa shape index (κ2) is 5.26. The summed E-state index contributed by atoms with van der Waals surface area (Å²) >= 11 is 8.74. The molecule has 8 heteroatoms. The standard InChI is InChI=1S/C11H9BrClFN4O/c1-2-8-16-11(15)18(17-8)10(19)6-3-5(13)4-7(14)9(6)12/h3-4H,2H2,1H3,(H2,15,16,17). The lowest BCUT2D eigenvalue weighted by molar-refractivity contribution is 0.0946. The van der Waals surface area contributed by atoms with Crippen LogP contribution in [0.1, 0.15) is 23.1 Å². The second-order valence-electron chi connectivity index (χ2n) is 3.71. The van der Waals surface area contributed by atoms with E-state index < -0.39 is 11.7 Å². The molecule has 2 rings (SSSR count). The van der Waals surface area contributed by atoms with Gasteiger partial charge in [-0.3, -0.25) is 4.79 Å². The molecular weight excluding hydrogens is 339 g/mol. The third-order valence-electron chi connectivity index (χ3n) is 2.41. The van der Waals surface area contributed by atoms with Gasteiger partial charge >= 0.3 is 0 Å². The van der Waals surface area contributed by atoms with Gasteiger partial charge in [0, 0.05) is 11.4 Å². The van der Waals surface area contributed by atoms with Gasteiger partial charge in [0.2, 0.25) is 5.95 Å². The number of nitrogens with two attached hydrogens (primary N) is 1. The Morgan fingerprint density at radius 2 is 2.26 bits per heavy atom. The van der Waals surface area contributed by atoms with E-state index in [9.17, 15) is 9.18 Å². The Kier molecular flexibility index (Phi) is 3.86. The van der Waals surface area contributed by atoms with E-state index in [2.05, 4.69) is 26.0 Å². The molecule has 0 radical (unpaired) electrons. The molecule has 0 aliphatic heterocycles. The number of benzene rings is 1. The highest BCUT2D eigenvalue weighted by molar-refractivity contribution is 9.10. The lowest BCUT2D eigenvalue weighted by atomic mass is 10.2. The molecule has 1 heterocycles. The number of carbonyl (C=O) groups is 1. The van der Waals surface area contributed by atoms with Gasteiger partial charge in [-0.1, -0.05) is 18.5 Å². The van der Waals surface area contributed by atoms with E-state index >= 15 is 0 Å². The maximum absolute atomic E-state index is 13.5. The smallest absolute Gasteiger partial charge is 0.282 e. The molecule has 0 aliphatic rings. The van der Waals surface area contributed by atoms with Gasteiger partial charge in [0.1, 0.15) is 5.82 Å². The van der Waals surface area contributed by atoms with Gasteiger partial charge in [-0.05, 0) is 28.1 Å². The lowest BCUT2D eigenvalue weighted by Crippen LogP contribution is -2.17. The molecular formula is C11H9BrClFN4O. The van der Waals surface area contributed by atoms with E-state index in [0.717, 1.165) is 10.7 Å². The number of carbonyl (C=O) groups excluding carboxylic acids is 1.